The maximum atomic E-state index is 12.9. The molecule has 2 aliphatic heterocycles. The fraction of sp³-hybridized carbons (Fsp3) is 0.882. The Morgan fingerprint density at radius 3 is 2.61 bits per heavy atom. The van der Waals surface area contributed by atoms with Gasteiger partial charge in [-0.15, -0.1) is 12.4 Å². The molecule has 2 amide bonds. The first-order valence-corrected chi connectivity index (χ1v) is 8.95. The third-order valence-corrected chi connectivity index (χ3v) is 5.80. The normalized spacial score (nSPS) is 33.3. The number of amides is 2. The second-order valence-electron chi connectivity index (χ2n) is 7.26. The quantitative estimate of drug-likeness (QED) is 0.849. The van der Waals surface area contributed by atoms with E-state index in [4.69, 9.17) is 5.73 Å². The Morgan fingerprint density at radius 1 is 1.13 bits per heavy atom. The summed E-state index contributed by atoms with van der Waals surface area (Å²) in [6, 6.07) is 0.0369. The molecule has 1 aliphatic carbocycles. The van der Waals surface area contributed by atoms with Crippen molar-refractivity contribution in [1.82, 2.24) is 9.80 Å². The van der Waals surface area contributed by atoms with E-state index in [1.54, 1.807) is 0 Å². The zero-order valence-electron chi connectivity index (χ0n) is 14.1. The standard InChI is InChI=1S/C17H29N3O2.ClH/c1-2-5-16(21)20-9-4-3-6-15(20)17(22)19-10-12-7-8-14(18)13(12)11-19;/h12-15H,2-11,18H2,1H3;1H. The van der Waals surface area contributed by atoms with E-state index in [9.17, 15) is 9.59 Å². The van der Waals surface area contributed by atoms with E-state index in [1.807, 2.05) is 16.7 Å². The van der Waals surface area contributed by atoms with Crippen molar-refractivity contribution in [3.63, 3.8) is 0 Å². The molecule has 5 nitrogen and oxygen atoms in total. The summed E-state index contributed by atoms with van der Waals surface area (Å²) in [7, 11) is 0. The van der Waals surface area contributed by atoms with Crippen molar-refractivity contribution < 1.29 is 9.59 Å². The molecule has 2 N–H and O–H groups in total. The summed E-state index contributed by atoms with van der Waals surface area (Å²) in [6.07, 6.45) is 6.55. The highest BCUT2D eigenvalue weighted by molar-refractivity contribution is 5.88. The predicted molar refractivity (Wildman–Crippen MR) is 92.3 cm³/mol. The number of hydrogen-bond donors (Lipinski definition) is 1. The van der Waals surface area contributed by atoms with E-state index in [2.05, 4.69) is 0 Å². The summed E-state index contributed by atoms with van der Waals surface area (Å²) in [6.45, 7) is 4.41. The number of piperidine rings is 1. The lowest BCUT2D eigenvalue weighted by Crippen LogP contribution is -2.53. The molecule has 6 heteroatoms. The van der Waals surface area contributed by atoms with Gasteiger partial charge in [-0.05, 0) is 50.4 Å². The van der Waals surface area contributed by atoms with Crippen LogP contribution in [0.2, 0.25) is 0 Å². The van der Waals surface area contributed by atoms with Gasteiger partial charge in [0.05, 0.1) is 0 Å². The minimum absolute atomic E-state index is 0. The molecule has 0 aromatic heterocycles. The summed E-state index contributed by atoms with van der Waals surface area (Å²) in [5, 5.41) is 0. The van der Waals surface area contributed by atoms with Gasteiger partial charge in [0.2, 0.25) is 11.8 Å². The average molecular weight is 344 g/mol. The fourth-order valence-electron chi connectivity index (χ4n) is 4.54. The molecule has 0 aromatic rings. The van der Waals surface area contributed by atoms with Crippen LogP contribution in [0.15, 0.2) is 0 Å². The lowest BCUT2D eigenvalue weighted by Gasteiger charge is -2.37. The number of carbonyl (C=O) groups is 2. The van der Waals surface area contributed by atoms with Crippen molar-refractivity contribution in [1.29, 1.82) is 0 Å². The van der Waals surface area contributed by atoms with Crippen LogP contribution < -0.4 is 5.73 Å². The van der Waals surface area contributed by atoms with Crippen LogP contribution in [-0.2, 0) is 9.59 Å². The smallest absolute Gasteiger partial charge is 0.245 e. The number of nitrogens with two attached hydrogens (primary N) is 1. The maximum absolute atomic E-state index is 12.9. The van der Waals surface area contributed by atoms with Crippen LogP contribution in [0.1, 0.15) is 51.9 Å². The SMILES string of the molecule is CCCC(=O)N1CCCCC1C(=O)N1CC2CCC(N)C2C1.Cl. The van der Waals surface area contributed by atoms with Crippen LogP contribution in [-0.4, -0.2) is 53.3 Å². The summed E-state index contributed by atoms with van der Waals surface area (Å²) in [5.74, 6) is 1.39. The van der Waals surface area contributed by atoms with E-state index in [0.717, 1.165) is 58.2 Å². The highest BCUT2D eigenvalue weighted by atomic mass is 35.5. The van der Waals surface area contributed by atoms with Gasteiger partial charge in [-0.3, -0.25) is 9.59 Å². The molecule has 0 bridgehead atoms. The van der Waals surface area contributed by atoms with Gasteiger partial charge >= 0.3 is 0 Å². The summed E-state index contributed by atoms with van der Waals surface area (Å²) >= 11 is 0. The predicted octanol–water partition coefficient (Wildman–Crippen LogP) is 1.79. The molecule has 1 saturated carbocycles. The lowest BCUT2D eigenvalue weighted by molar-refractivity contribution is -0.147. The number of hydrogen-bond acceptors (Lipinski definition) is 3. The Labute approximate surface area is 145 Å². The van der Waals surface area contributed by atoms with Crippen molar-refractivity contribution in [2.24, 2.45) is 17.6 Å². The third kappa shape index (κ3) is 3.66. The van der Waals surface area contributed by atoms with Crippen molar-refractivity contribution >= 4 is 24.2 Å². The van der Waals surface area contributed by atoms with Gasteiger partial charge in [0.15, 0.2) is 0 Å². The Kier molecular flexibility index (Phi) is 6.32. The molecule has 132 valence electrons. The Morgan fingerprint density at radius 2 is 1.91 bits per heavy atom. The van der Waals surface area contributed by atoms with Gasteiger partial charge in [0, 0.05) is 32.1 Å². The number of rotatable bonds is 3. The second-order valence-corrected chi connectivity index (χ2v) is 7.26. The van der Waals surface area contributed by atoms with Gasteiger partial charge in [-0.25, -0.2) is 0 Å². The number of nitrogens with zero attached hydrogens (tertiary/aromatic N) is 2. The highest BCUT2D eigenvalue weighted by Gasteiger charge is 2.45. The second kappa shape index (κ2) is 7.84. The van der Waals surface area contributed by atoms with Crippen molar-refractivity contribution in [2.75, 3.05) is 19.6 Å². The van der Waals surface area contributed by atoms with Crippen molar-refractivity contribution in [3.8, 4) is 0 Å². The lowest BCUT2D eigenvalue weighted by atomic mass is 9.98. The molecule has 4 atom stereocenters. The van der Waals surface area contributed by atoms with Crippen LogP contribution >= 0.6 is 12.4 Å². The zero-order valence-corrected chi connectivity index (χ0v) is 14.9. The van der Waals surface area contributed by atoms with Crippen LogP contribution in [0, 0.1) is 11.8 Å². The molecule has 0 spiro atoms. The molecular formula is C17H30ClN3O2. The molecule has 3 fully saturated rings. The van der Waals surface area contributed by atoms with Gasteiger partial charge in [0.1, 0.15) is 6.04 Å². The molecule has 2 saturated heterocycles. The highest BCUT2D eigenvalue weighted by Crippen LogP contribution is 2.37. The Bertz CT molecular complexity index is 446. The first-order chi connectivity index (χ1) is 10.6. The maximum Gasteiger partial charge on any atom is 0.245 e. The molecule has 4 unspecified atom stereocenters. The van der Waals surface area contributed by atoms with E-state index in [0.29, 0.717) is 18.3 Å². The van der Waals surface area contributed by atoms with Crippen LogP contribution in [0.5, 0.6) is 0 Å². The van der Waals surface area contributed by atoms with Crippen LogP contribution in [0.4, 0.5) is 0 Å². The van der Waals surface area contributed by atoms with E-state index in [-0.39, 0.29) is 36.3 Å². The van der Waals surface area contributed by atoms with Crippen molar-refractivity contribution in [2.45, 2.75) is 64.0 Å². The van der Waals surface area contributed by atoms with Gasteiger partial charge < -0.3 is 15.5 Å². The minimum atomic E-state index is -0.220. The number of fused-ring (bicyclic) bond motifs is 1. The molecular weight excluding hydrogens is 314 g/mol. The molecule has 3 rings (SSSR count). The fourth-order valence-corrected chi connectivity index (χ4v) is 4.54. The molecule has 0 radical (unpaired) electrons. The number of likely N-dealkylation sites (tertiary alicyclic amines) is 2. The topological polar surface area (TPSA) is 66.6 Å². The Hall–Kier alpha value is -0.810. The van der Waals surface area contributed by atoms with E-state index in [1.165, 1.54) is 0 Å². The summed E-state index contributed by atoms with van der Waals surface area (Å²) in [4.78, 5) is 29.1. The first-order valence-electron chi connectivity index (χ1n) is 8.95. The summed E-state index contributed by atoms with van der Waals surface area (Å²) < 4.78 is 0. The molecule has 3 aliphatic rings. The molecule has 23 heavy (non-hydrogen) atoms. The zero-order chi connectivity index (χ0) is 15.7. The number of halogens is 1. The summed E-state index contributed by atoms with van der Waals surface area (Å²) in [5.41, 5.74) is 6.17. The average Bonchev–Trinajstić information content (AvgIpc) is 3.09. The van der Waals surface area contributed by atoms with E-state index >= 15 is 0 Å². The van der Waals surface area contributed by atoms with E-state index < -0.39 is 0 Å². The van der Waals surface area contributed by atoms with Gasteiger partial charge in [-0.2, -0.15) is 0 Å². The third-order valence-electron chi connectivity index (χ3n) is 5.80. The molecule has 0 aromatic carbocycles. The minimum Gasteiger partial charge on any atom is -0.340 e. The molecule has 2 heterocycles. The van der Waals surface area contributed by atoms with Crippen LogP contribution in [0.3, 0.4) is 0 Å². The van der Waals surface area contributed by atoms with Gasteiger partial charge in [0.25, 0.3) is 0 Å². The monoisotopic (exact) mass is 343 g/mol. The van der Waals surface area contributed by atoms with Gasteiger partial charge in [-0.1, -0.05) is 6.92 Å². The van der Waals surface area contributed by atoms with Crippen molar-refractivity contribution in [3.05, 3.63) is 0 Å². The van der Waals surface area contributed by atoms with Crippen LogP contribution in [0.25, 0.3) is 0 Å². The Balaban J connectivity index is 0.00000192. The largest absolute Gasteiger partial charge is 0.340 e. The first kappa shape index (κ1) is 18.5. The number of carbonyl (C=O) groups excluding carboxylic acids is 2.